The summed E-state index contributed by atoms with van der Waals surface area (Å²) in [5.74, 6) is 0. The summed E-state index contributed by atoms with van der Waals surface area (Å²) in [6, 6.07) is 13.2. The molecule has 2 heterocycles. The summed E-state index contributed by atoms with van der Waals surface area (Å²) in [7, 11) is 0. The zero-order valence-electron chi connectivity index (χ0n) is 15.9. The molecule has 6 nitrogen and oxygen atoms in total. The molecule has 0 radical (unpaired) electrons. The number of likely N-dealkylation sites (tertiary alicyclic amines) is 1. The number of aromatic nitrogens is 1. The molecule has 0 bridgehead atoms. The van der Waals surface area contributed by atoms with Gasteiger partial charge in [0.2, 0.25) is 0 Å². The van der Waals surface area contributed by atoms with Crippen LogP contribution in [0.1, 0.15) is 25.7 Å². The van der Waals surface area contributed by atoms with Gasteiger partial charge >= 0.3 is 0 Å². The summed E-state index contributed by atoms with van der Waals surface area (Å²) >= 11 is 0. The second-order valence-electron chi connectivity index (χ2n) is 7.19. The average Bonchev–Trinajstić information content (AvgIpc) is 2.70. The predicted molar refractivity (Wildman–Crippen MR) is 116 cm³/mol. The molecule has 7 heteroatoms. The lowest BCUT2D eigenvalue weighted by molar-refractivity contribution is -0.990. The second kappa shape index (κ2) is 9.49. The number of nitrogens with zero attached hydrogens (tertiary/aromatic N) is 2. The average molecular weight is 403 g/mol. The highest BCUT2D eigenvalue weighted by molar-refractivity contribution is 6.11. The number of quaternary nitrogens is 1. The van der Waals surface area contributed by atoms with E-state index in [0.29, 0.717) is 16.6 Å². The Labute approximate surface area is 171 Å². The van der Waals surface area contributed by atoms with E-state index in [9.17, 15) is 10.4 Å². The molecule has 1 fully saturated rings. The van der Waals surface area contributed by atoms with Crippen molar-refractivity contribution in [2.75, 3.05) is 31.5 Å². The molecule has 1 aromatic heterocycles. The lowest BCUT2D eigenvalue weighted by Crippen LogP contribution is -2.99. The SMILES string of the molecule is Cl.[O-][NH+](O)c1cccc2nc3ccccc3c(NCCCN3CCCCC3)c12. The maximum atomic E-state index is 11.8. The van der Waals surface area contributed by atoms with Crippen LogP contribution in [-0.4, -0.2) is 41.3 Å². The Kier molecular flexibility index (Phi) is 7.04. The fraction of sp³-hybridized carbons (Fsp3) is 0.381. The molecule has 0 amide bonds. The van der Waals surface area contributed by atoms with Crippen LogP contribution in [0.25, 0.3) is 21.8 Å². The van der Waals surface area contributed by atoms with E-state index in [4.69, 9.17) is 0 Å². The molecule has 0 spiro atoms. The first-order valence-corrected chi connectivity index (χ1v) is 9.75. The van der Waals surface area contributed by atoms with Crippen molar-refractivity contribution < 1.29 is 10.4 Å². The molecule has 3 aromatic rings. The summed E-state index contributed by atoms with van der Waals surface area (Å²) in [5.41, 5.74) is 2.77. The number of benzene rings is 2. The molecule has 1 aliphatic heterocycles. The molecule has 28 heavy (non-hydrogen) atoms. The zero-order chi connectivity index (χ0) is 18.6. The Balaban J connectivity index is 0.00000225. The summed E-state index contributed by atoms with van der Waals surface area (Å²) in [6.07, 6.45) is 4.99. The van der Waals surface area contributed by atoms with Crippen LogP contribution in [0.3, 0.4) is 0 Å². The van der Waals surface area contributed by atoms with Crippen molar-refractivity contribution >= 4 is 45.6 Å². The van der Waals surface area contributed by atoms with Crippen molar-refractivity contribution in [2.45, 2.75) is 25.7 Å². The monoisotopic (exact) mass is 402 g/mol. The van der Waals surface area contributed by atoms with Gasteiger partial charge in [0, 0.05) is 18.0 Å². The maximum Gasteiger partial charge on any atom is 0.175 e. The van der Waals surface area contributed by atoms with Gasteiger partial charge < -0.3 is 15.4 Å². The number of rotatable bonds is 6. The van der Waals surface area contributed by atoms with Gasteiger partial charge in [-0.2, -0.15) is 5.23 Å². The lowest BCUT2D eigenvalue weighted by Gasteiger charge is -2.26. The summed E-state index contributed by atoms with van der Waals surface area (Å²) < 4.78 is 0. The molecule has 1 saturated heterocycles. The van der Waals surface area contributed by atoms with Gasteiger partial charge in [-0.05, 0) is 51.0 Å². The third-order valence-electron chi connectivity index (χ3n) is 5.34. The Morgan fingerprint density at radius 2 is 1.79 bits per heavy atom. The molecule has 1 atom stereocenters. The van der Waals surface area contributed by atoms with Crippen LogP contribution >= 0.6 is 12.4 Å². The number of pyridine rings is 1. The normalized spacial score (nSPS) is 16.1. The Bertz CT molecular complexity index is 929. The number of piperidine rings is 1. The minimum atomic E-state index is -0.922. The van der Waals surface area contributed by atoms with Gasteiger partial charge in [-0.15, -0.1) is 12.4 Å². The maximum absolute atomic E-state index is 11.8. The number of halogens is 1. The van der Waals surface area contributed by atoms with Crippen molar-refractivity contribution in [3.63, 3.8) is 0 Å². The van der Waals surface area contributed by atoms with E-state index in [1.54, 1.807) is 12.1 Å². The van der Waals surface area contributed by atoms with Crippen LogP contribution in [-0.2, 0) is 0 Å². The summed E-state index contributed by atoms with van der Waals surface area (Å²) in [5, 5.41) is 25.7. The first-order chi connectivity index (χ1) is 13.2. The number of para-hydroxylation sites is 1. The zero-order valence-corrected chi connectivity index (χ0v) is 16.7. The molecule has 3 N–H and O–H groups in total. The van der Waals surface area contributed by atoms with Gasteiger partial charge in [-0.1, -0.05) is 30.7 Å². The quantitative estimate of drug-likeness (QED) is 0.334. The fourth-order valence-corrected chi connectivity index (χ4v) is 4.00. The van der Waals surface area contributed by atoms with Crippen molar-refractivity contribution in [1.82, 2.24) is 9.88 Å². The van der Waals surface area contributed by atoms with E-state index in [1.807, 2.05) is 30.3 Å². The highest BCUT2D eigenvalue weighted by atomic mass is 35.5. The van der Waals surface area contributed by atoms with Crippen LogP contribution < -0.4 is 10.5 Å². The molecule has 1 unspecified atom stereocenters. The van der Waals surface area contributed by atoms with E-state index in [-0.39, 0.29) is 12.4 Å². The number of hydrogen-bond acceptors (Lipinski definition) is 5. The van der Waals surface area contributed by atoms with Crippen molar-refractivity contribution in [2.24, 2.45) is 0 Å². The van der Waals surface area contributed by atoms with E-state index in [2.05, 4.69) is 15.2 Å². The van der Waals surface area contributed by atoms with Crippen LogP contribution in [0.4, 0.5) is 11.4 Å². The largest absolute Gasteiger partial charge is 0.595 e. The van der Waals surface area contributed by atoms with Gasteiger partial charge in [0.25, 0.3) is 0 Å². The topological polar surface area (TPSA) is 75.9 Å². The minimum absolute atomic E-state index is 0. The third kappa shape index (κ3) is 4.37. The van der Waals surface area contributed by atoms with E-state index in [0.717, 1.165) is 36.1 Å². The second-order valence-corrected chi connectivity index (χ2v) is 7.19. The van der Waals surface area contributed by atoms with Crippen molar-refractivity contribution in [1.29, 1.82) is 0 Å². The Hall–Kier alpha value is -1.96. The van der Waals surface area contributed by atoms with E-state index >= 15 is 0 Å². The molecular weight excluding hydrogens is 376 g/mol. The van der Waals surface area contributed by atoms with Crippen LogP contribution in [0.5, 0.6) is 0 Å². The molecule has 150 valence electrons. The molecule has 0 saturated carbocycles. The van der Waals surface area contributed by atoms with Gasteiger partial charge in [0.15, 0.2) is 5.69 Å². The molecule has 1 aliphatic rings. The predicted octanol–water partition coefficient (Wildman–Crippen LogP) is 3.50. The molecule has 4 rings (SSSR count). The van der Waals surface area contributed by atoms with Crippen LogP contribution in [0, 0.1) is 5.21 Å². The van der Waals surface area contributed by atoms with Crippen LogP contribution in [0.2, 0.25) is 0 Å². The van der Waals surface area contributed by atoms with E-state index in [1.165, 1.54) is 32.4 Å². The molecule has 0 aliphatic carbocycles. The van der Waals surface area contributed by atoms with E-state index < -0.39 is 5.23 Å². The van der Waals surface area contributed by atoms with Crippen molar-refractivity contribution in [3.8, 4) is 0 Å². The first kappa shape index (κ1) is 20.8. The Morgan fingerprint density at radius 3 is 2.57 bits per heavy atom. The number of hydrogen-bond donors (Lipinski definition) is 3. The third-order valence-corrected chi connectivity index (χ3v) is 5.34. The summed E-state index contributed by atoms with van der Waals surface area (Å²) in [6.45, 7) is 4.29. The Morgan fingerprint density at radius 1 is 1.04 bits per heavy atom. The highest BCUT2D eigenvalue weighted by Crippen LogP contribution is 2.34. The molecular formula is C21H27ClN4O2. The van der Waals surface area contributed by atoms with Gasteiger partial charge in [-0.3, -0.25) is 0 Å². The first-order valence-electron chi connectivity index (χ1n) is 9.75. The minimum Gasteiger partial charge on any atom is -0.595 e. The standard InChI is InChI=1S/C21H26N4O2.ClH/c26-25(27)19-11-6-10-18-20(19)21(16-8-2-3-9-17(16)23-18)22-12-7-15-24-13-4-1-5-14-24;/h2-3,6,8-11,25-26H,1,4-5,7,12-15H2,(H,22,23);1H. The fourth-order valence-electron chi connectivity index (χ4n) is 4.00. The number of anilines is 1. The van der Waals surface area contributed by atoms with Crippen LogP contribution in [0.15, 0.2) is 42.5 Å². The lowest BCUT2D eigenvalue weighted by atomic mass is 10.1. The number of fused-ring (bicyclic) bond motifs is 2. The van der Waals surface area contributed by atoms with Gasteiger partial charge in [0.05, 0.1) is 22.1 Å². The van der Waals surface area contributed by atoms with Gasteiger partial charge in [0.1, 0.15) is 0 Å². The van der Waals surface area contributed by atoms with Crippen molar-refractivity contribution in [3.05, 3.63) is 47.7 Å². The smallest absolute Gasteiger partial charge is 0.175 e. The summed E-state index contributed by atoms with van der Waals surface area (Å²) in [4.78, 5) is 7.20. The highest BCUT2D eigenvalue weighted by Gasteiger charge is 2.16. The molecule has 2 aromatic carbocycles. The number of nitrogens with one attached hydrogen (secondary N) is 2. The van der Waals surface area contributed by atoms with Gasteiger partial charge in [-0.25, -0.2) is 10.2 Å².